The lowest BCUT2D eigenvalue weighted by Crippen LogP contribution is -2.48. The molecule has 9 nitrogen and oxygen atoms in total. The van der Waals surface area contributed by atoms with Crippen molar-refractivity contribution >= 4 is 29.4 Å². The first-order chi connectivity index (χ1) is 16.0. The molecule has 2 saturated heterocycles. The summed E-state index contributed by atoms with van der Waals surface area (Å²) in [5.41, 5.74) is 1.04. The second-order valence-electron chi connectivity index (χ2n) is 10.7. The highest BCUT2D eigenvalue weighted by molar-refractivity contribution is 6.07. The molecule has 1 aliphatic carbocycles. The van der Waals surface area contributed by atoms with E-state index in [4.69, 9.17) is 4.74 Å². The molecular formula is C25H34N4O5. The van der Waals surface area contributed by atoms with Crippen molar-refractivity contribution < 1.29 is 23.9 Å². The zero-order chi connectivity index (χ0) is 24.7. The number of rotatable bonds is 5. The van der Waals surface area contributed by atoms with Crippen molar-refractivity contribution in [3.63, 3.8) is 0 Å². The fraction of sp³-hybridized carbons (Fsp3) is 0.600. The first-order valence-corrected chi connectivity index (χ1v) is 11.9. The molecule has 2 aliphatic heterocycles. The van der Waals surface area contributed by atoms with Crippen LogP contribution in [-0.2, 0) is 32.0 Å². The van der Waals surface area contributed by atoms with Gasteiger partial charge in [0.2, 0.25) is 11.8 Å². The zero-order valence-corrected chi connectivity index (χ0v) is 20.4. The summed E-state index contributed by atoms with van der Waals surface area (Å²) in [5, 5.41) is 5.31. The van der Waals surface area contributed by atoms with E-state index in [9.17, 15) is 19.2 Å². The number of nitrogens with zero attached hydrogens (tertiary/aromatic N) is 2. The number of likely N-dealkylation sites (N-methyl/N-ethyl adjacent to an activating group) is 1. The quantitative estimate of drug-likeness (QED) is 0.640. The van der Waals surface area contributed by atoms with Crippen LogP contribution in [0.25, 0.3) is 0 Å². The third-order valence-corrected chi connectivity index (χ3v) is 7.13. The van der Waals surface area contributed by atoms with Crippen molar-refractivity contribution in [3.8, 4) is 0 Å². The van der Waals surface area contributed by atoms with E-state index in [-0.39, 0.29) is 30.3 Å². The standard InChI is InChI=1S/C25H34N4O5/c1-24(2,3)22(32)29(14-16-7-9-34-10-8-16)15-20(30)26-19-6-5-17-12-25(13-18(17)11-19)21(31)27-23(33)28(25)4/h5-6,11,16H,7-10,12-15H2,1-4H3,(H,26,30)(H,27,31,33). The highest BCUT2D eigenvalue weighted by Crippen LogP contribution is 2.38. The first kappa shape index (κ1) is 24.2. The van der Waals surface area contributed by atoms with Gasteiger partial charge >= 0.3 is 6.03 Å². The summed E-state index contributed by atoms with van der Waals surface area (Å²) < 4.78 is 5.43. The summed E-state index contributed by atoms with van der Waals surface area (Å²) in [6.07, 6.45) is 2.61. The highest BCUT2D eigenvalue weighted by atomic mass is 16.5. The average Bonchev–Trinajstić information content (AvgIpc) is 3.26. The molecule has 1 unspecified atom stereocenters. The van der Waals surface area contributed by atoms with Crippen molar-refractivity contribution in [2.24, 2.45) is 11.3 Å². The summed E-state index contributed by atoms with van der Waals surface area (Å²) in [6.45, 7) is 7.47. The van der Waals surface area contributed by atoms with Crippen molar-refractivity contribution in [2.45, 2.75) is 52.0 Å². The molecule has 9 heteroatoms. The number of carbonyl (C=O) groups is 4. The van der Waals surface area contributed by atoms with Crippen LogP contribution in [-0.4, -0.2) is 72.4 Å². The van der Waals surface area contributed by atoms with Crippen LogP contribution in [0, 0.1) is 11.3 Å². The minimum Gasteiger partial charge on any atom is -0.381 e. The maximum absolute atomic E-state index is 13.1. The molecule has 34 heavy (non-hydrogen) atoms. The minimum atomic E-state index is -0.901. The van der Waals surface area contributed by atoms with Gasteiger partial charge < -0.3 is 19.9 Å². The molecule has 2 fully saturated rings. The van der Waals surface area contributed by atoms with E-state index in [1.54, 1.807) is 18.0 Å². The van der Waals surface area contributed by atoms with Gasteiger partial charge in [0.25, 0.3) is 5.91 Å². The highest BCUT2D eigenvalue weighted by Gasteiger charge is 2.54. The van der Waals surface area contributed by atoms with Crippen LogP contribution in [0.1, 0.15) is 44.7 Å². The molecule has 4 rings (SSSR count). The number of imide groups is 1. The van der Waals surface area contributed by atoms with Crippen LogP contribution in [0.3, 0.4) is 0 Å². The Balaban J connectivity index is 1.44. The van der Waals surface area contributed by atoms with Crippen LogP contribution < -0.4 is 10.6 Å². The van der Waals surface area contributed by atoms with E-state index >= 15 is 0 Å². The van der Waals surface area contributed by atoms with E-state index in [1.165, 1.54) is 4.90 Å². The van der Waals surface area contributed by atoms with Crippen LogP contribution >= 0.6 is 0 Å². The van der Waals surface area contributed by atoms with Crippen molar-refractivity contribution in [3.05, 3.63) is 29.3 Å². The Morgan fingerprint density at radius 2 is 1.85 bits per heavy atom. The fourth-order valence-corrected chi connectivity index (χ4v) is 5.08. The predicted molar refractivity (Wildman–Crippen MR) is 126 cm³/mol. The number of benzene rings is 1. The number of amides is 5. The number of ether oxygens (including phenoxy) is 1. The molecular weight excluding hydrogens is 436 g/mol. The van der Waals surface area contributed by atoms with Crippen LogP contribution in [0.5, 0.6) is 0 Å². The molecule has 0 saturated carbocycles. The van der Waals surface area contributed by atoms with Crippen molar-refractivity contribution in [1.29, 1.82) is 0 Å². The minimum absolute atomic E-state index is 0.0197. The molecule has 0 radical (unpaired) electrons. The van der Waals surface area contributed by atoms with E-state index in [0.29, 0.717) is 44.2 Å². The first-order valence-electron chi connectivity index (χ1n) is 11.9. The van der Waals surface area contributed by atoms with Gasteiger partial charge in [-0.3, -0.25) is 19.7 Å². The van der Waals surface area contributed by atoms with Gasteiger partial charge in [0.05, 0.1) is 6.54 Å². The van der Waals surface area contributed by atoms with Crippen LogP contribution in [0.2, 0.25) is 0 Å². The third-order valence-electron chi connectivity index (χ3n) is 7.13. The van der Waals surface area contributed by atoms with E-state index in [1.807, 2.05) is 32.9 Å². The maximum atomic E-state index is 13.1. The van der Waals surface area contributed by atoms with Crippen molar-refractivity contribution in [2.75, 3.05) is 38.7 Å². The molecule has 2 N–H and O–H groups in total. The smallest absolute Gasteiger partial charge is 0.324 e. The van der Waals surface area contributed by atoms with Gasteiger partial charge in [-0.05, 0) is 42.0 Å². The Bertz CT molecular complexity index is 1010. The van der Waals surface area contributed by atoms with E-state index < -0.39 is 11.0 Å². The lowest BCUT2D eigenvalue weighted by Gasteiger charge is -2.33. The molecule has 0 bridgehead atoms. The van der Waals surface area contributed by atoms with Gasteiger partial charge in [-0.1, -0.05) is 26.8 Å². The molecule has 1 atom stereocenters. The third kappa shape index (κ3) is 4.66. The summed E-state index contributed by atoms with van der Waals surface area (Å²) in [4.78, 5) is 53.6. The lowest BCUT2D eigenvalue weighted by molar-refractivity contribution is -0.143. The summed E-state index contributed by atoms with van der Waals surface area (Å²) in [7, 11) is 1.63. The van der Waals surface area contributed by atoms with Crippen LogP contribution in [0.4, 0.5) is 10.5 Å². The topological polar surface area (TPSA) is 108 Å². The second kappa shape index (κ2) is 9.02. The molecule has 1 spiro atoms. The summed E-state index contributed by atoms with van der Waals surface area (Å²) >= 11 is 0. The Morgan fingerprint density at radius 3 is 2.47 bits per heavy atom. The zero-order valence-electron chi connectivity index (χ0n) is 20.4. The Hall–Kier alpha value is -2.94. The largest absolute Gasteiger partial charge is 0.381 e. The lowest BCUT2D eigenvalue weighted by atomic mass is 9.93. The van der Waals surface area contributed by atoms with Gasteiger partial charge in [-0.2, -0.15) is 0 Å². The fourth-order valence-electron chi connectivity index (χ4n) is 5.08. The average molecular weight is 471 g/mol. The number of urea groups is 1. The maximum Gasteiger partial charge on any atom is 0.324 e. The van der Waals surface area contributed by atoms with E-state index in [2.05, 4.69) is 10.6 Å². The van der Waals surface area contributed by atoms with Gasteiger partial charge in [0.1, 0.15) is 5.54 Å². The number of nitrogens with one attached hydrogen (secondary N) is 2. The Labute approximate surface area is 200 Å². The number of hydrogen-bond acceptors (Lipinski definition) is 5. The molecule has 2 heterocycles. The number of hydrogen-bond donors (Lipinski definition) is 2. The van der Waals surface area contributed by atoms with E-state index in [0.717, 1.165) is 24.0 Å². The van der Waals surface area contributed by atoms with Gasteiger partial charge in [0.15, 0.2) is 0 Å². The molecule has 1 aromatic rings. The Morgan fingerprint density at radius 1 is 1.18 bits per heavy atom. The normalized spacial score (nSPS) is 22.6. The summed E-state index contributed by atoms with van der Waals surface area (Å²) in [5.74, 6) is -0.277. The number of fused-ring (bicyclic) bond motifs is 1. The van der Waals surface area contributed by atoms with Gasteiger partial charge in [-0.25, -0.2) is 4.79 Å². The second-order valence-corrected chi connectivity index (χ2v) is 10.7. The van der Waals surface area contributed by atoms with Gasteiger partial charge in [0, 0.05) is 50.8 Å². The monoisotopic (exact) mass is 470 g/mol. The molecule has 0 aromatic heterocycles. The molecule has 3 aliphatic rings. The molecule has 184 valence electrons. The summed E-state index contributed by atoms with van der Waals surface area (Å²) in [6, 6.07) is 5.17. The van der Waals surface area contributed by atoms with Crippen LogP contribution in [0.15, 0.2) is 18.2 Å². The number of anilines is 1. The Kier molecular flexibility index (Phi) is 6.42. The SMILES string of the molecule is CN1C(=O)NC(=O)C12Cc1ccc(NC(=O)CN(CC3CCOCC3)C(=O)C(C)(C)C)cc1C2. The van der Waals surface area contributed by atoms with Crippen molar-refractivity contribution in [1.82, 2.24) is 15.1 Å². The molecule has 5 amide bonds. The molecule has 1 aromatic carbocycles. The van der Waals surface area contributed by atoms with Gasteiger partial charge in [-0.15, -0.1) is 0 Å². The number of carbonyl (C=O) groups excluding carboxylic acids is 4. The predicted octanol–water partition coefficient (Wildman–Crippen LogP) is 1.95.